The van der Waals surface area contributed by atoms with Gasteiger partial charge in [-0.15, -0.1) is 0 Å². The van der Waals surface area contributed by atoms with Crippen molar-refractivity contribution in [1.29, 1.82) is 0 Å². The Kier molecular flexibility index (Phi) is 6.56. The van der Waals surface area contributed by atoms with Crippen molar-refractivity contribution in [2.45, 2.75) is 6.92 Å². The lowest BCUT2D eigenvalue weighted by Gasteiger charge is -2.11. The van der Waals surface area contributed by atoms with E-state index in [4.69, 9.17) is 32.7 Å². The molecule has 0 aromatic heterocycles. The summed E-state index contributed by atoms with van der Waals surface area (Å²) in [5.41, 5.74) is 1.12. The molecule has 0 atom stereocenters. The minimum Gasteiger partial charge on any atom is -0.492 e. The van der Waals surface area contributed by atoms with Crippen molar-refractivity contribution in [1.82, 2.24) is 5.32 Å². The molecule has 0 unspecified atom stereocenters. The molecule has 0 heterocycles. The summed E-state index contributed by atoms with van der Waals surface area (Å²) in [6.07, 6.45) is 0. The third-order valence-electron chi connectivity index (χ3n) is 2.95. The van der Waals surface area contributed by atoms with E-state index in [1.165, 1.54) is 0 Å². The number of carbonyl (C=O) groups is 1. The summed E-state index contributed by atoms with van der Waals surface area (Å²) < 4.78 is 10.9. The molecule has 0 aliphatic carbocycles. The van der Waals surface area contributed by atoms with E-state index < -0.39 is 0 Å². The zero-order valence-electron chi connectivity index (χ0n) is 12.6. The smallest absolute Gasteiger partial charge is 0.258 e. The number of benzene rings is 2. The van der Waals surface area contributed by atoms with Crippen LogP contribution in [0.4, 0.5) is 0 Å². The lowest BCUT2D eigenvalue weighted by Crippen LogP contribution is -2.32. The zero-order chi connectivity index (χ0) is 16.7. The first-order chi connectivity index (χ1) is 11.1. The van der Waals surface area contributed by atoms with E-state index in [2.05, 4.69) is 5.32 Å². The first-order valence-electron chi connectivity index (χ1n) is 7.09. The molecule has 122 valence electrons. The number of amides is 1. The fourth-order valence-electron chi connectivity index (χ4n) is 1.87. The fraction of sp³-hybridized carbons (Fsp3) is 0.235. The van der Waals surface area contributed by atoms with Crippen LogP contribution in [-0.2, 0) is 4.79 Å². The Labute approximate surface area is 145 Å². The predicted octanol–water partition coefficient (Wildman–Crippen LogP) is 3.88. The summed E-state index contributed by atoms with van der Waals surface area (Å²) in [5, 5.41) is 3.44. The van der Waals surface area contributed by atoms with Crippen LogP contribution in [0.1, 0.15) is 5.56 Å². The lowest BCUT2D eigenvalue weighted by molar-refractivity contribution is -0.123. The van der Waals surface area contributed by atoms with Gasteiger partial charge in [0.15, 0.2) is 12.4 Å². The topological polar surface area (TPSA) is 47.6 Å². The average molecular weight is 354 g/mol. The Hall–Kier alpha value is -1.91. The van der Waals surface area contributed by atoms with Crippen LogP contribution in [0.3, 0.4) is 0 Å². The first kappa shape index (κ1) is 17.4. The highest BCUT2D eigenvalue weighted by Gasteiger charge is 2.09. The molecule has 1 N–H and O–H groups in total. The maximum Gasteiger partial charge on any atom is 0.258 e. The number of nitrogens with one attached hydrogen (secondary N) is 1. The van der Waals surface area contributed by atoms with Gasteiger partial charge in [-0.3, -0.25) is 4.79 Å². The molecule has 4 nitrogen and oxygen atoms in total. The summed E-state index contributed by atoms with van der Waals surface area (Å²) in [6, 6.07) is 12.7. The van der Waals surface area contributed by atoms with Crippen molar-refractivity contribution >= 4 is 29.1 Å². The molecule has 0 fully saturated rings. The Bertz CT molecular complexity index is 656. The lowest BCUT2D eigenvalue weighted by atomic mass is 10.2. The molecular formula is C17H17Cl2NO3. The van der Waals surface area contributed by atoms with Gasteiger partial charge in [-0.25, -0.2) is 0 Å². The van der Waals surface area contributed by atoms with Crippen LogP contribution in [0.25, 0.3) is 0 Å². The molecule has 0 aliphatic rings. The van der Waals surface area contributed by atoms with Gasteiger partial charge in [0.25, 0.3) is 5.91 Å². The maximum absolute atomic E-state index is 11.7. The van der Waals surface area contributed by atoms with E-state index in [-0.39, 0.29) is 12.5 Å². The largest absolute Gasteiger partial charge is 0.492 e. The van der Waals surface area contributed by atoms with Gasteiger partial charge in [-0.1, -0.05) is 41.4 Å². The van der Waals surface area contributed by atoms with E-state index in [1.54, 1.807) is 18.2 Å². The summed E-state index contributed by atoms with van der Waals surface area (Å²) in [7, 11) is 0. The Morgan fingerprint density at radius 2 is 1.78 bits per heavy atom. The molecule has 0 radical (unpaired) electrons. The predicted molar refractivity (Wildman–Crippen MR) is 91.6 cm³/mol. The van der Waals surface area contributed by atoms with Crippen molar-refractivity contribution in [2.75, 3.05) is 19.8 Å². The number of rotatable bonds is 7. The zero-order valence-corrected chi connectivity index (χ0v) is 14.2. The number of aryl methyl sites for hydroxylation is 1. The van der Waals surface area contributed by atoms with Gasteiger partial charge in [0, 0.05) is 0 Å². The van der Waals surface area contributed by atoms with Crippen LogP contribution < -0.4 is 14.8 Å². The van der Waals surface area contributed by atoms with Crippen LogP contribution >= 0.6 is 23.2 Å². The minimum absolute atomic E-state index is 0.159. The third kappa shape index (κ3) is 5.66. The number of carbonyl (C=O) groups excluding carboxylic acids is 1. The van der Waals surface area contributed by atoms with Crippen molar-refractivity contribution in [3.05, 3.63) is 58.1 Å². The summed E-state index contributed by atoms with van der Waals surface area (Å²) in [6.45, 7) is 2.59. The van der Waals surface area contributed by atoms with Crippen LogP contribution in [-0.4, -0.2) is 25.7 Å². The Morgan fingerprint density at radius 3 is 2.48 bits per heavy atom. The quantitative estimate of drug-likeness (QED) is 0.768. The van der Waals surface area contributed by atoms with Gasteiger partial charge < -0.3 is 14.8 Å². The summed E-state index contributed by atoms with van der Waals surface area (Å²) in [4.78, 5) is 11.7. The highest BCUT2D eigenvalue weighted by Crippen LogP contribution is 2.32. The molecule has 6 heteroatoms. The van der Waals surface area contributed by atoms with Crippen LogP contribution in [0.5, 0.6) is 11.5 Å². The van der Waals surface area contributed by atoms with Crippen molar-refractivity contribution in [3.8, 4) is 11.5 Å². The standard InChI is InChI=1S/C17H17Cl2NO3/c1-12-4-2-5-13(10-12)22-9-8-20-16(21)11-23-17-14(18)6-3-7-15(17)19/h2-7,10H,8-9,11H2,1H3,(H,20,21). The van der Waals surface area contributed by atoms with Gasteiger partial charge in [-0.2, -0.15) is 0 Å². The molecule has 0 saturated heterocycles. The number of halogens is 2. The van der Waals surface area contributed by atoms with E-state index in [0.717, 1.165) is 11.3 Å². The molecular weight excluding hydrogens is 337 g/mol. The van der Waals surface area contributed by atoms with Crippen molar-refractivity contribution in [3.63, 3.8) is 0 Å². The Balaban J connectivity index is 1.69. The summed E-state index contributed by atoms with van der Waals surface area (Å²) in [5.74, 6) is 0.814. The van der Waals surface area contributed by atoms with Gasteiger partial charge in [0.2, 0.25) is 0 Å². The highest BCUT2D eigenvalue weighted by atomic mass is 35.5. The first-order valence-corrected chi connectivity index (χ1v) is 7.85. The normalized spacial score (nSPS) is 10.2. The van der Waals surface area contributed by atoms with Gasteiger partial charge in [0.05, 0.1) is 16.6 Å². The maximum atomic E-state index is 11.7. The van der Waals surface area contributed by atoms with Crippen molar-refractivity contribution in [2.24, 2.45) is 0 Å². The van der Waals surface area contributed by atoms with Gasteiger partial charge >= 0.3 is 0 Å². The second-order valence-electron chi connectivity index (χ2n) is 4.85. The van der Waals surface area contributed by atoms with Crippen molar-refractivity contribution < 1.29 is 14.3 Å². The van der Waals surface area contributed by atoms with Crippen LogP contribution in [0, 0.1) is 6.92 Å². The molecule has 0 aliphatic heterocycles. The molecule has 0 saturated carbocycles. The van der Waals surface area contributed by atoms with E-state index in [1.807, 2.05) is 31.2 Å². The Morgan fingerprint density at radius 1 is 1.09 bits per heavy atom. The van der Waals surface area contributed by atoms with E-state index in [0.29, 0.717) is 28.9 Å². The van der Waals surface area contributed by atoms with Gasteiger partial charge in [0.1, 0.15) is 12.4 Å². The number of hydrogen-bond donors (Lipinski definition) is 1. The molecule has 23 heavy (non-hydrogen) atoms. The second kappa shape index (κ2) is 8.65. The van der Waals surface area contributed by atoms with E-state index in [9.17, 15) is 4.79 Å². The minimum atomic E-state index is -0.270. The highest BCUT2D eigenvalue weighted by molar-refractivity contribution is 6.37. The number of para-hydroxylation sites is 1. The fourth-order valence-corrected chi connectivity index (χ4v) is 2.38. The summed E-state index contributed by atoms with van der Waals surface area (Å²) >= 11 is 11.9. The SMILES string of the molecule is Cc1cccc(OCCNC(=O)COc2c(Cl)cccc2Cl)c1. The molecule has 2 rings (SSSR count). The molecule has 0 bridgehead atoms. The third-order valence-corrected chi connectivity index (χ3v) is 3.54. The van der Waals surface area contributed by atoms with Crippen LogP contribution in [0.2, 0.25) is 10.0 Å². The van der Waals surface area contributed by atoms with Gasteiger partial charge in [-0.05, 0) is 36.8 Å². The van der Waals surface area contributed by atoms with Crippen LogP contribution in [0.15, 0.2) is 42.5 Å². The molecule has 2 aromatic carbocycles. The second-order valence-corrected chi connectivity index (χ2v) is 5.67. The number of ether oxygens (including phenoxy) is 2. The molecule has 1 amide bonds. The number of hydrogen-bond acceptors (Lipinski definition) is 3. The monoisotopic (exact) mass is 353 g/mol. The van der Waals surface area contributed by atoms with E-state index >= 15 is 0 Å². The average Bonchev–Trinajstić information content (AvgIpc) is 2.51. The molecule has 0 spiro atoms. The molecule has 2 aromatic rings.